The zero-order valence-electron chi connectivity index (χ0n) is 17.7. The summed E-state index contributed by atoms with van der Waals surface area (Å²) >= 11 is 6.03. The first-order valence-corrected chi connectivity index (χ1v) is 11.2. The predicted octanol–water partition coefficient (Wildman–Crippen LogP) is 3.89. The van der Waals surface area contributed by atoms with Crippen LogP contribution in [0.2, 0.25) is 5.02 Å². The second kappa shape index (κ2) is 8.59. The van der Waals surface area contributed by atoms with Crippen LogP contribution in [0.25, 0.3) is 5.69 Å². The van der Waals surface area contributed by atoms with Crippen molar-refractivity contribution in [2.45, 2.75) is 19.3 Å². The van der Waals surface area contributed by atoms with Gasteiger partial charge in [0.25, 0.3) is 11.8 Å². The molecule has 2 aliphatic rings. The number of carbonyl (C=O) groups excluding carboxylic acids is 2. The number of fused-ring (bicyclic) bond motifs is 1. The number of piperazine rings is 1. The average Bonchev–Trinajstić information content (AvgIpc) is 3.42. The zero-order chi connectivity index (χ0) is 23.1. The maximum Gasteiger partial charge on any atom is 0.274 e. The standard InChI is InChI=1S/C24H21ClF2N4O2/c25-18-14-15(26)8-9-16(18)23(32)29-10-12-30(13-11-29)24(33)22-17-4-3-7-20(17)31(28-22)21-6-2-1-5-19(21)27/h1-2,5-6,8-9,14H,3-4,7,10-13H2. The van der Waals surface area contributed by atoms with E-state index in [1.54, 1.807) is 32.7 Å². The highest BCUT2D eigenvalue weighted by Gasteiger charge is 2.32. The van der Waals surface area contributed by atoms with Crippen molar-refractivity contribution >= 4 is 23.4 Å². The lowest BCUT2D eigenvalue weighted by atomic mass is 10.1. The summed E-state index contributed by atoms with van der Waals surface area (Å²) < 4.78 is 29.3. The Bertz CT molecular complexity index is 1250. The second-order valence-corrected chi connectivity index (χ2v) is 8.61. The summed E-state index contributed by atoms with van der Waals surface area (Å²) in [6.07, 6.45) is 2.36. The zero-order valence-corrected chi connectivity index (χ0v) is 18.5. The molecule has 0 spiro atoms. The summed E-state index contributed by atoms with van der Waals surface area (Å²) in [5.74, 6) is -1.40. The number of benzene rings is 2. The Balaban J connectivity index is 1.33. The molecular weight excluding hydrogens is 450 g/mol. The largest absolute Gasteiger partial charge is 0.335 e. The van der Waals surface area contributed by atoms with Gasteiger partial charge >= 0.3 is 0 Å². The Kier molecular flexibility index (Phi) is 5.62. The van der Waals surface area contributed by atoms with E-state index in [0.29, 0.717) is 37.6 Å². The van der Waals surface area contributed by atoms with Crippen LogP contribution in [0.15, 0.2) is 42.5 Å². The highest BCUT2D eigenvalue weighted by molar-refractivity contribution is 6.33. The molecule has 0 bridgehead atoms. The highest BCUT2D eigenvalue weighted by Crippen LogP contribution is 2.29. The minimum absolute atomic E-state index is 0.0627. The maximum atomic E-state index is 14.4. The molecule has 2 aromatic carbocycles. The topological polar surface area (TPSA) is 58.4 Å². The fourth-order valence-corrected chi connectivity index (χ4v) is 4.78. The van der Waals surface area contributed by atoms with Crippen molar-refractivity contribution in [1.82, 2.24) is 19.6 Å². The van der Waals surface area contributed by atoms with Gasteiger partial charge in [-0.3, -0.25) is 9.59 Å². The highest BCUT2D eigenvalue weighted by atomic mass is 35.5. The molecule has 0 unspecified atom stereocenters. The molecule has 1 aromatic heterocycles. The first-order chi connectivity index (χ1) is 15.9. The van der Waals surface area contributed by atoms with Crippen LogP contribution in [0.1, 0.15) is 38.5 Å². The fraction of sp³-hybridized carbons (Fsp3) is 0.292. The Morgan fingerprint density at radius 1 is 0.909 bits per heavy atom. The van der Waals surface area contributed by atoms with Crippen molar-refractivity contribution in [3.05, 3.63) is 81.6 Å². The van der Waals surface area contributed by atoms with E-state index in [9.17, 15) is 18.4 Å². The summed E-state index contributed by atoms with van der Waals surface area (Å²) in [4.78, 5) is 29.4. The molecule has 33 heavy (non-hydrogen) atoms. The molecule has 6 nitrogen and oxygen atoms in total. The maximum absolute atomic E-state index is 14.4. The van der Waals surface area contributed by atoms with Gasteiger partial charge in [-0.15, -0.1) is 0 Å². The van der Waals surface area contributed by atoms with Gasteiger partial charge in [-0.25, -0.2) is 13.5 Å². The van der Waals surface area contributed by atoms with E-state index in [0.717, 1.165) is 36.6 Å². The molecule has 3 aromatic rings. The van der Waals surface area contributed by atoms with Gasteiger partial charge < -0.3 is 9.80 Å². The smallest absolute Gasteiger partial charge is 0.274 e. The molecule has 170 valence electrons. The number of nitrogens with zero attached hydrogens (tertiary/aromatic N) is 4. The van der Waals surface area contributed by atoms with Gasteiger partial charge in [-0.1, -0.05) is 23.7 Å². The third-order valence-corrected chi connectivity index (χ3v) is 6.54. The normalized spacial score (nSPS) is 15.6. The lowest BCUT2D eigenvalue weighted by Gasteiger charge is -2.34. The monoisotopic (exact) mass is 470 g/mol. The third-order valence-electron chi connectivity index (χ3n) is 6.23. The Morgan fingerprint density at radius 2 is 1.61 bits per heavy atom. The van der Waals surface area contributed by atoms with E-state index in [4.69, 9.17) is 11.6 Å². The first-order valence-electron chi connectivity index (χ1n) is 10.8. The van der Waals surface area contributed by atoms with E-state index < -0.39 is 5.82 Å². The van der Waals surface area contributed by atoms with E-state index in [1.807, 2.05) is 0 Å². The van der Waals surface area contributed by atoms with Crippen LogP contribution in [0.3, 0.4) is 0 Å². The molecule has 9 heteroatoms. The molecule has 1 fully saturated rings. The summed E-state index contributed by atoms with van der Waals surface area (Å²) in [5.41, 5.74) is 2.68. The first kappa shape index (κ1) is 21.6. The average molecular weight is 471 g/mol. The minimum Gasteiger partial charge on any atom is -0.335 e. The molecule has 0 atom stereocenters. The van der Waals surface area contributed by atoms with E-state index in [1.165, 1.54) is 18.2 Å². The van der Waals surface area contributed by atoms with Crippen molar-refractivity contribution in [2.24, 2.45) is 0 Å². The van der Waals surface area contributed by atoms with E-state index in [-0.39, 0.29) is 28.2 Å². The molecule has 0 N–H and O–H groups in total. The van der Waals surface area contributed by atoms with Gasteiger partial charge in [0.2, 0.25) is 0 Å². The number of para-hydroxylation sites is 1. The van der Waals surface area contributed by atoms with Crippen LogP contribution in [0.4, 0.5) is 8.78 Å². The van der Waals surface area contributed by atoms with E-state index >= 15 is 0 Å². The van der Waals surface area contributed by atoms with Crippen molar-refractivity contribution in [3.63, 3.8) is 0 Å². The van der Waals surface area contributed by atoms with Gasteiger partial charge in [0.15, 0.2) is 5.69 Å². The number of rotatable bonds is 3. The van der Waals surface area contributed by atoms with Gasteiger partial charge in [-0.2, -0.15) is 5.10 Å². The second-order valence-electron chi connectivity index (χ2n) is 8.20. The summed E-state index contributed by atoms with van der Waals surface area (Å²) in [6, 6.07) is 10.1. The summed E-state index contributed by atoms with van der Waals surface area (Å²) in [7, 11) is 0. The van der Waals surface area contributed by atoms with Crippen molar-refractivity contribution in [1.29, 1.82) is 0 Å². The lowest BCUT2D eigenvalue weighted by Crippen LogP contribution is -2.50. The molecule has 1 aliphatic heterocycles. The Labute approximate surface area is 194 Å². The van der Waals surface area contributed by atoms with Crippen LogP contribution in [0.5, 0.6) is 0 Å². The van der Waals surface area contributed by atoms with Crippen LogP contribution in [-0.4, -0.2) is 57.6 Å². The molecule has 2 amide bonds. The van der Waals surface area contributed by atoms with Crippen LogP contribution in [0, 0.1) is 11.6 Å². The summed E-state index contributed by atoms with van der Waals surface area (Å²) in [5, 5.41) is 4.57. The van der Waals surface area contributed by atoms with Gasteiger partial charge in [0.1, 0.15) is 17.3 Å². The number of carbonyl (C=O) groups is 2. The molecule has 0 radical (unpaired) electrons. The fourth-order valence-electron chi connectivity index (χ4n) is 4.53. The Hall–Kier alpha value is -3.26. The molecular formula is C24H21ClF2N4O2. The number of hydrogen-bond acceptors (Lipinski definition) is 3. The number of hydrogen-bond donors (Lipinski definition) is 0. The lowest BCUT2D eigenvalue weighted by molar-refractivity contribution is 0.0531. The third kappa shape index (κ3) is 3.88. The van der Waals surface area contributed by atoms with Gasteiger partial charge in [0.05, 0.1) is 10.6 Å². The summed E-state index contributed by atoms with van der Waals surface area (Å²) in [6.45, 7) is 1.33. The number of halogens is 3. The quantitative estimate of drug-likeness (QED) is 0.583. The Morgan fingerprint density at radius 3 is 2.30 bits per heavy atom. The minimum atomic E-state index is -0.505. The molecule has 1 saturated heterocycles. The van der Waals surface area contributed by atoms with E-state index in [2.05, 4.69) is 5.10 Å². The molecule has 0 saturated carbocycles. The molecule has 1 aliphatic carbocycles. The number of amides is 2. The number of aromatic nitrogens is 2. The van der Waals surface area contributed by atoms with Crippen molar-refractivity contribution < 1.29 is 18.4 Å². The van der Waals surface area contributed by atoms with Crippen LogP contribution >= 0.6 is 11.6 Å². The SMILES string of the molecule is O=C(c1ccc(F)cc1Cl)N1CCN(C(=O)c2nn(-c3ccccc3F)c3c2CCC3)CC1. The predicted molar refractivity (Wildman–Crippen MR) is 119 cm³/mol. The van der Waals surface area contributed by atoms with Gasteiger partial charge in [-0.05, 0) is 49.6 Å². The van der Waals surface area contributed by atoms with Gasteiger partial charge in [0, 0.05) is 37.4 Å². The van der Waals surface area contributed by atoms with Crippen LogP contribution in [-0.2, 0) is 12.8 Å². The van der Waals surface area contributed by atoms with Crippen LogP contribution < -0.4 is 0 Å². The molecule has 2 heterocycles. The molecule has 5 rings (SSSR count). The van der Waals surface area contributed by atoms with Crippen molar-refractivity contribution in [2.75, 3.05) is 26.2 Å². The van der Waals surface area contributed by atoms with Crippen molar-refractivity contribution in [3.8, 4) is 5.69 Å².